The van der Waals surface area contributed by atoms with Gasteiger partial charge in [-0.05, 0) is 55.2 Å². The van der Waals surface area contributed by atoms with Crippen LogP contribution in [0.4, 0.5) is 4.39 Å². The quantitative estimate of drug-likeness (QED) is 0.0961. The van der Waals surface area contributed by atoms with Crippen molar-refractivity contribution in [2.24, 2.45) is 5.92 Å². The van der Waals surface area contributed by atoms with E-state index < -0.39 is 29.7 Å². The van der Waals surface area contributed by atoms with Crippen molar-refractivity contribution in [3.63, 3.8) is 0 Å². The van der Waals surface area contributed by atoms with Crippen LogP contribution in [0.1, 0.15) is 61.9 Å². The summed E-state index contributed by atoms with van der Waals surface area (Å²) in [5.74, 6) is -3.99. The fourth-order valence-corrected chi connectivity index (χ4v) is 3.12. The first kappa shape index (κ1) is 32.7. The third kappa shape index (κ3) is 12.0. The molecule has 10 nitrogen and oxygen atoms in total. The summed E-state index contributed by atoms with van der Waals surface area (Å²) in [5.41, 5.74) is 0.295. The molecule has 1 unspecified atom stereocenters. The molecule has 0 saturated heterocycles. The highest BCUT2D eigenvalue weighted by Gasteiger charge is 2.17. The second kappa shape index (κ2) is 17.2. The number of halogens is 1. The van der Waals surface area contributed by atoms with E-state index in [0.29, 0.717) is 18.4 Å². The van der Waals surface area contributed by atoms with Crippen molar-refractivity contribution in [3.8, 4) is 11.5 Å². The van der Waals surface area contributed by atoms with E-state index in [9.17, 15) is 28.4 Å². The molecule has 0 spiro atoms. The molecule has 0 saturated carbocycles. The summed E-state index contributed by atoms with van der Waals surface area (Å²) in [5, 5.41) is 0. The lowest BCUT2D eigenvalue weighted by Crippen LogP contribution is -2.15. The third-order valence-corrected chi connectivity index (χ3v) is 5.67. The smallest absolute Gasteiger partial charge is 0.346 e. The van der Waals surface area contributed by atoms with Gasteiger partial charge in [0.1, 0.15) is 17.3 Å². The molecule has 220 valence electrons. The Kier molecular flexibility index (Phi) is 13.7. The second-order valence-corrected chi connectivity index (χ2v) is 8.84. The van der Waals surface area contributed by atoms with E-state index in [2.05, 4.69) is 4.74 Å². The Bertz CT molecular complexity index is 1240. The molecular formula is C30H33FO10. The Balaban J connectivity index is 1.72. The monoisotopic (exact) mass is 572 g/mol. The molecule has 0 amide bonds. The van der Waals surface area contributed by atoms with Crippen LogP contribution in [0.3, 0.4) is 0 Å². The standard InChI is InChI=1S/C30H33FO10/c1-4-20(2)29(35)39-18-5-7-27(33)38-17-6-8-28(34)40-23-14-15-24(25(31)19-23)30(36)41-22-12-9-21(10-13-22)11-16-26(32)37-3/h9-16,19-20H,4-8,17-18H2,1-3H3/b16-11+. The first-order chi connectivity index (χ1) is 19.6. The molecule has 0 heterocycles. The minimum Gasteiger partial charge on any atom is -0.466 e. The van der Waals surface area contributed by atoms with Crippen LogP contribution in [0.5, 0.6) is 11.5 Å². The van der Waals surface area contributed by atoms with Crippen LogP contribution in [0.25, 0.3) is 6.08 Å². The number of esters is 5. The molecule has 0 N–H and O–H groups in total. The summed E-state index contributed by atoms with van der Waals surface area (Å²) in [6, 6.07) is 9.43. The van der Waals surface area contributed by atoms with Gasteiger partial charge in [0.25, 0.3) is 0 Å². The molecule has 0 fully saturated rings. The molecule has 11 heteroatoms. The van der Waals surface area contributed by atoms with E-state index in [1.54, 1.807) is 19.1 Å². The van der Waals surface area contributed by atoms with Crippen molar-refractivity contribution in [2.45, 2.75) is 46.0 Å². The summed E-state index contributed by atoms with van der Waals surface area (Å²) in [4.78, 5) is 58.9. The molecule has 0 bridgehead atoms. The Morgan fingerprint density at radius 2 is 1.49 bits per heavy atom. The van der Waals surface area contributed by atoms with E-state index in [0.717, 1.165) is 12.1 Å². The molecule has 0 aliphatic heterocycles. The average Bonchev–Trinajstić information content (AvgIpc) is 2.96. The van der Waals surface area contributed by atoms with Gasteiger partial charge in [0, 0.05) is 25.0 Å². The number of rotatable bonds is 15. The van der Waals surface area contributed by atoms with Crippen LogP contribution in [0, 0.1) is 11.7 Å². The Labute approximate surface area is 237 Å². The van der Waals surface area contributed by atoms with Crippen LogP contribution in [-0.4, -0.2) is 50.2 Å². The molecule has 41 heavy (non-hydrogen) atoms. The maximum Gasteiger partial charge on any atom is 0.346 e. The molecule has 0 aliphatic rings. The van der Waals surface area contributed by atoms with E-state index in [1.165, 1.54) is 37.5 Å². The van der Waals surface area contributed by atoms with Crippen LogP contribution in [-0.2, 0) is 33.4 Å². The second-order valence-electron chi connectivity index (χ2n) is 8.84. The van der Waals surface area contributed by atoms with Crippen LogP contribution in [0.15, 0.2) is 48.5 Å². The van der Waals surface area contributed by atoms with Crippen molar-refractivity contribution < 1.29 is 52.0 Å². The number of methoxy groups -OCH3 is 1. The number of hydrogen-bond acceptors (Lipinski definition) is 10. The van der Waals surface area contributed by atoms with Gasteiger partial charge in [-0.25, -0.2) is 14.0 Å². The van der Waals surface area contributed by atoms with E-state index in [4.69, 9.17) is 18.9 Å². The first-order valence-electron chi connectivity index (χ1n) is 13.0. The molecule has 0 aromatic heterocycles. The van der Waals surface area contributed by atoms with Gasteiger partial charge < -0.3 is 23.7 Å². The van der Waals surface area contributed by atoms with Gasteiger partial charge in [0.05, 0.1) is 31.8 Å². The predicted molar refractivity (Wildman–Crippen MR) is 144 cm³/mol. The van der Waals surface area contributed by atoms with Gasteiger partial charge in [-0.3, -0.25) is 14.4 Å². The lowest BCUT2D eigenvalue weighted by Gasteiger charge is -2.09. The number of carbonyl (C=O) groups is 5. The topological polar surface area (TPSA) is 132 Å². The summed E-state index contributed by atoms with van der Waals surface area (Å²) < 4.78 is 39.4. The zero-order valence-electron chi connectivity index (χ0n) is 23.2. The number of hydrogen-bond donors (Lipinski definition) is 0. The Hall–Kier alpha value is -4.54. The van der Waals surface area contributed by atoms with Gasteiger partial charge in [-0.1, -0.05) is 26.0 Å². The Morgan fingerprint density at radius 3 is 2.12 bits per heavy atom. The molecule has 2 aromatic carbocycles. The first-order valence-corrected chi connectivity index (χ1v) is 13.0. The van der Waals surface area contributed by atoms with Crippen molar-refractivity contribution in [2.75, 3.05) is 20.3 Å². The molecule has 0 aliphatic carbocycles. The molecule has 2 rings (SSSR count). The number of benzene rings is 2. The van der Waals surface area contributed by atoms with Crippen molar-refractivity contribution >= 4 is 35.9 Å². The zero-order chi connectivity index (χ0) is 30.2. The molecular weight excluding hydrogens is 539 g/mol. The van der Waals surface area contributed by atoms with Crippen LogP contribution in [0.2, 0.25) is 0 Å². The van der Waals surface area contributed by atoms with Crippen LogP contribution >= 0.6 is 0 Å². The Morgan fingerprint density at radius 1 is 0.854 bits per heavy atom. The lowest BCUT2D eigenvalue weighted by molar-refractivity contribution is -0.150. The summed E-state index contributed by atoms with van der Waals surface area (Å²) in [7, 11) is 1.26. The maximum atomic E-state index is 14.5. The van der Waals surface area contributed by atoms with Crippen LogP contribution < -0.4 is 9.47 Å². The van der Waals surface area contributed by atoms with Crippen molar-refractivity contribution in [3.05, 3.63) is 65.5 Å². The fourth-order valence-electron chi connectivity index (χ4n) is 3.12. The van der Waals surface area contributed by atoms with Crippen molar-refractivity contribution in [1.82, 2.24) is 0 Å². The minimum absolute atomic E-state index is 0.0116. The van der Waals surface area contributed by atoms with Gasteiger partial charge in [-0.15, -0.1) is 0 Å². The summed E-state index contributed by atoms with van der Waals surface area (Å²) in [6.07, 6.45) is 3.94. The predicted octanol–water partition coefficient (Wildman–Crippen LogP) is 4.83. The van der Waals surface area contributed by atoms with E-state index >= 15 is 0 Å². The maximum absolute atomic E-state index is 14.5. The molecule has 2 aromatic rings. The summed E-state index contributed by atoms with van der Waals surface area (Å²) in [6.45, 7) is 3.76. The van der Waals surface area contributed by atoms with Gasteiger partial charge >= 0.3 is 29.8 Å². The number of carbonyl (C=O) groups excluding carboxylic acids is 5. The van der Waals surface area contributed by atoms with E-state index in [1.807, 2.05) is 6.92 Å². The van der Waals surface area contributed by atoms with Crippen molar-refractivity contribution in [1.29, 1.82) is 0 Å². The third-order valence-electron chi connectivity index (χ3n) is 5.67. The highest BCUT2D eigenvalue weighted by atomic mass is 19.1. The average molecular weight is 573 g/mol. The number of ether oxygens (including phenoxy) is 5. The zero-order valence-corrected chi connectivity index (χ0v) is 23.2. The summed E-state index contributed by atoms with van der Waals surface area (Å²) >= 11 is 0. The lowest BCUT2D eigenvalue weighted by atomic mass is 10.1. The highest BCUT2D eigenvalue weighted by molar-refractivity contribution is 5.91. The fraction of sp³-hybridized carbons (Fsp3) is 0.367. The molecule has 1 atom stereocenters. The minimum atomic E-state index is -0.950. The molecule has 0 radical (unpaired) electrons. The normalized spacial score (nSPS) is 11.4. The van der Waals surface area contributed by atoms with Gasteiger partial charge in [0.15, 0.2) is 0 Å². The largest absolute Gasteiger partial charge is 0.466 e. The van der Waals surface area contributed by atoms with E-state index in [-0.39, 0.29) is 61.4 Å². The SMILES string of the molecule is CCC(C)C(=O)OCCCC(=O)OCCCC(=O)Oc1ccc(C(=O)Oc2ccc(/C=C/C(=O)OC)cc2)c(F)c1. The van der Waals surface area contributed by atoms with Gasteiger partial charge in [0.2, 0.25) is 0 Å². The highest BCUT2D eigenvalue weighted by Crippen LogP contribution is 2.20. The van der Waals surface area contributed by atoms with Gasteiger partial charge in [-0.2, -0.15) is 0 Å².